The lowest BCUT2D eigenvalue weighted by atomic mass is 10.0. The molecule has 1 aromatic heterocycles. The molecule has 0 bridgehead atoms. The average molecular weight is 302 g/mol. The molecule has 0 spiro atoms. The van der Waals surface area contributed by atoms with Gasteiger partial charge < -0.3 is 10.2 Å². The van der Waals surface area contributed by atoms with E-state index in [0.29, 0.717) is 12.1 Å². The number of thiophene rings is 1. The van der Waals surface area contributed by atoms with Gasteiger partial charge in [-0.1, -0.05) is 32.0 Å². The minimum atomic E-state index is 0.197. The van der Waals surface area contributed by atoms with Crippen molar-refractivity contribution < 1.29 is 4.79 Å². The normalized spacial score (nSPS) is 22.7. The molecule has 2 aromatic rings. The monoisotopic (exact) mass is 302 g/mol. The fourth-order valence-electron chi connectivity index (χ4n) is 2.98. The number of hydrogen-bond acceptors (Lipinski definition) is 3. The molecule has 112 valence electrons. The van der Waals surface area contributed by atoms with E-state index in [1.165, 1.54) is 10.1 Å². The molecule has 0 radical (unpaired) electrons. The van der Waals surface area contributed by atoms with Gasteiger partial charge in [-0.25, -0.2) is 0 Å². The highest BCUT2D eigenvalue weighted by molar-refractivity contribution is 7.20. The number of carbonyl (C=O) groups excluding carboxylic acids is 1. The summed E-state index contributed by atoms with van der Waals surface area (Å²) in [5.74, 6) is 0.197. The van der Waals surface area contributed by atoms with Crippen LogP contribution in [0.25, 0.3) is 10.1 Å². The van der Waals surface area contributed by atoms with Gasteiger partial charge in [-0.3, -0.25) is 4.79 Å². The quantitative estimate of drug-likeness (QED) is 0.941. The summed E-state index contributed by atoms with van der Waals surface area (Å²) in [5.41, 5.74) is 0. The molecule has 3 nitrogen and oxygen atoms in total. The molecule has 1 aliphatic rings. The van der Waals surface area contributed by atoms with Crippen molar-refractivity contribution >= 4 is 27.3 Å². The van der Waals surface area contributed by atoms with Crippen LogP contribution < -0.4 is 5.32 Å². The summed E-state index contributed by atoms with van der Waals surface area (Å²) in [4.78, 5) is 15.9. The van der Waals surface area contributed by atoms with E-state index in [1.807, 2.05) is 18.2 Å². The summed E-state index contributed by atoms with van der Waals surface area (Å²) in [6, 6.07) is 11.0. The summed E-state index contributed by atoms with van der Waals surface area (Å²) in [6.07, 6.45) is 2.06. The summed E-state index contributed by atoms with van der Waals surface area (Å²) < 4.78 is 1.19. The lowest BCUT2D eigenvalue weighted by Crippen LogP contribution is -2.57. The molecule has 2 heterocycles. The minimum Gasteiger partial charge on any atom is -0.332 e. The zero-order chi connectivity index (χ0) is 14.8. The van der Waals surface area contributed by atoms with E-state index in [0.717, 1.165) is 30.8 Å². The van der Waals surface area contributed by atoms with Crippen molar-refractivity contribution in [3.8, 4) is 0 Å². The number of fused-ring (bicyclic) bond motifs is 1. The molecular weight excluding hydrogens is 280 g/mol. The van der Waals surface area contributed by atoms with Crippen molar-refractivity contribution in [3.63, 3.8) is 0 Å². The van der Waals surface area contributed by atoms with Gasteiger partial charge in [0.1, 0.15) is 0 Å². The number of benzene rings is 1. The Morgan fingerprint density at radius 1 is 1.33 bits per heavy atom. The number of carbonyl (C=O) groups is 1. The molecule has 0 aliphatic carbocycles. The second-order valence-electron chi connectivity index (χ2n) is 5.68. The first-order valence-corrected chi connectivity index (χ1v) is 8.57. The second-order valence-corrected chi connectivity index (χ2v) is 6.77. The molecule has 1 amide bonds. The average Bonchev–Trinajstić information content (AvgIpc) is 2.97. The first kappa shape index (κ1) is 14.5. The Hall–Kier alpha value is -1.39. The van der Waals surface area contributed by atoms with Crippen molar-refractivity contribution in [2.75, 3.05) is 13.1 Å². The summed E-state index contributed by atoms with van der Waals surface area (Å²) in [6.45, 7) is 6.06. The van der Waals surface area contributed by atoms with Crippen molar-refractivity contribution in [2.45, 2.75) is 38.8 Å². The maximum Gasteiger partial charge on any atom is 0.264 e. The van der Waals surface area contributed by atoms with Crippen LogP contribution in [0, 0.1) is 0 Å². The largest absolute Gasteiger partial charge is 0.332 e. The Balaban J connectivity index is 1.87. The number of nitrogens with zero attached hydrogens (tertiary/aromatic N) is 1. The van der Waals surface area contributed by atoms with E-state index >= 15 is 0 Å². The maximum atomic E-state index is 12.9. The van der Waals surface area contributed by atoms with Crippen LogP contribution in [0.5, 0.6) is 0 Å². The van der Waals surface area contributed by atoms with Gasteiger partial charge in [0.25, 0.3) is 5.91 Å². The Labute approximate surface area is 130 Å². The second kappa shape index (κ2) is 6.16. The van der Waals surface area contributed by atoms with E-state index in [1.54, 1.807) is 11.3 Å². The van der Waals surface area contributed by atoms with E-state index in [-0.39, 0.29) is 5.91 Å². The molecular formula is C17H22N2OS. The lowest BCUT2D eigenvalue weighted by molar-refractivity contribution is 0.0581. The van der Waals surface area contributed by atoms with E-state index < -0.39 is 0 Å². The third kappa shape index (κ3) is 2.83. The van der Waals surface area contributed by atoms with Crippen LogP contribution in [0.2, 0.25) is 0 Å². The molecule has 1 N–H and O–H groups in total. The van der Waals surface area contributed by atoms with Crippen molar-refractivity contribution in [1.82, 2.24) is 10.2 Å². The highest BCUT2D eigenvalue weighted by Crippen LogP contribution is 2.27. The Morgan fingerprint density at radius 3 is 2.86 bits per heavy atom. The topological polar surface area (TPSA) is 32.3 Å². The molecule has 1 aliphatic heterocycles. The minimum absolute atomic E-state index is 0.197. The zero-order valence-corrected chi connectivity index (χ0v) is 13.5. The van der Waals surface area contributed by atoms with Gasteiger partial charge in [0, 0.05) is 29.9 Å². The third-order valence-electron chi connectivity index (χ3n) is 4.36. The van der Waals surface area contributed by atoms with Crippen LogP contribution in [0.4, 0.5) is 0 Å². The number of rotatable bonds is 3. The van der Waals surface area contributed by atoms with Gasteiger partial charge in [-0.2, -0.15) is 0 Å². The fraction of sp³-hybridized carbons (Fsp3) is 0.471. The van der Waals surface area contributed by atoms with Gasteiger partial charge in [-0.05, 0) is 30.4 Å². The molecule has 4 heteroatoms. The molecule has 3 rings (SSSR count). The van der Waals surface area contributed by atoms with Crippen LogP contribution >= 0.6 is 11.3 Å². The Kier molecular flexibility index (Phi) is 4.27. The first-order valence-electron chi connectivity index (χ1n) is 7.75. The standard InChI is InChI=1S/C17H22N2OS/c1-3-13-11-19(14(4-2)10-18-13)17(20)16-9-12-7-5-6-8-15(12)21-16/h5-9,13-14,18H,3-4,10-11H2,1-2H3. The maximum absolute atomic E-state index is 12.9. The Bertz CT molecular complexity index is 604. The molecule has 21 heavy (non-hydrogen) atoms. The van der Waals surface area contributed by atoms with E-state index in [2.05, 4.69) is 36.2 Å². The van der Waals surface area contributed by atoms with Crippen LogP contribution in [-0.2, 0) is 0 Å². The van der Waals surface area contributed by atoms with Gasteiger partial charge in [0.15, 0.2) is 0 Å². The predicted molar refractivity (Wildman–Crippen MR) is 89.0 cm³/mol. The number of nitrogens with one attached hydrogen (secondary N) is 1. The van der Waals surface area contributed by atoms with E-state index in [9.17, 15) is 4.79 Å². The third-order valence-corrected chi connectivity index (χ3v) is 5.47. The molecule has 2 atom stereocenters. The predicted octanol–water partition coefficient (Wildman–Crippen LogP) is 3.50. The van der Waals surface area contributed by atoms with Crippen LogP contribution in [0.15, 0.2) is 30.3 Å². The summed E-state index contributed by atoms with van der Waals surface area (Å²) >= 11 is 1.61. The Morgan fingerprint density at radius 2 is 2.14 bits per heavy atom. The molecule has 1 aromatic carbocycles. The SMILES string of the molecule is CCC1CN(C(=O)c2cc3ccccc3s2)C(CC)CN1. The summed E-state index contributed by atoms with van der Waals surface area (Å²) in [7, 11) is 0. The van der Waals surface area contributed by atoms with Crippen molar-refractivity contribution in [1.29, 1.82) is 0 Å². The van der Waals surface area contributed by atoms with Gasteiger partial charge in [0.05, 0.1) is 4.88 Å². The molecule has 1 fully saturated rings. The number of amides is 1. The molecule has 1 saturated heterocycles. The summed E-state index contributed by atoms with van der Waals surface area (Å²) in [5, 5.41) is 4.71. The van der Waals surface area contributed by atoms with Crippen LogP contribution in [0.3, 0.4) is 0 Å². The van der Waals surface area contributed by atoms with Crippen LogP contribution in [-0.4, -0.2) is 36.0 Å². The fourth-order valence-corrected chi connectivity index (χ4v) is 4.00. The van der Waals surface area contributed by atoms with Gasteiger partial charge in [0.2, 0.25) is 0 Å². The lowest BCUT2D eigenvalue weighted by Gasteiger charge is -2.39. The first-order chi connectivity index (χ1) is 10.2. The zero-order valence-electron chi connectivity index (χ0n) is 12.6. The highest BCUT2D eigenvalue weighted by atomic mass is 32.1. The molecule has 0 saturated carbocycles. The number of hydrogen-bond donors (Lipinski definition) is 1. The highest BCUT2D eigenvalue weighted by Gasteiger charge is 2.30. The van der Waals surface area contributed by atoms with Crippen molar-refractivity contribution in [2.24, 2.45) is 0 Å². The smallest absolute Gasteiger partial charge is 0.264 e. The van der Waals surface area contributed by atoms with Gasteiger partial charge >= 0.3 is 0 Å². The van der Waals surface area contributed by atoms with E-state index in [4.69, 9.17) is 0 Å². The number of piperazine rings is 1. The van der Waals surface area contributed by atoms with Crippen LogP contribution in [0.1, 0.15) is 36.4 Å². The molecule has 2 unspecified atom stereocenters. The van der Waals surface area contributed by atoms with Crippen molar-refractivity contribution in [3.05, 3.63) is 35.2 Å². The van der Waals surface area contributed by atoms with Gasteiger partial charge in [-0.15, -0.1) is 11.3 Å².